The van der Waals surface area contributed by atoms with Gasteiger partial charge in [-0.05, 0) is 30.9 Å². The third kappa shape index (κ3) is 5.59. The van der Waals surface area contributed by atoms with Gasteiger partial charge in [-0.25, -0.2) is 14.4 Å². The van der Waals surface area contributed by atoms with Gasteiger partial charge in [0.25, 0.3) is 0 Å². The average Bonchev–Trinajstić information content (AvgIpc) is 3.44. The van der Waals surface area contributed by atoms with E-state index in [1.807, 2.05) is 6.92 Å². The van der Waals surface area contributed by atoms with E-state index < -0.39 is 58.5 Å². The Hall–Kier alpha value is -3.13. The summed E-state index contributed by atoms with van der Waals surface area (Å²) in [5.74, 6) is -3.54. The Morgan fingerprint density at radius 2 is 1.91 bits per heavy atom. The number of hydrogen-bond donors (Lipinski definition) is 6. The molecular weight excluding hydrogens is 484 g/mol. The molecule has 1 aromatic heterocycles. The van der Waals surface area contributed by atoms with Gasteiger partial charge >= 0.3 is 23.9 Å². The summed E-state index contributed by atoms with van der Waals surface area (Å²) in [6.45, 7) is 1.96. The van der Waals surface area contributed by atoms with Crippen LogP contribution in [-0.2, 0) is 19.2 Å². The first kappa shape index (κ1) is 26.5. The summed E-state index contributed by atoms with van der Waals surface area (Å²) in [7, 11) is 0. The highest BCUT2D eigenvalue weighted by Crippen LogP contribution is 2.46. The number of hydroxylamine groups is 2. The van der Waals surface area contributed by atoms with Gasteiger partial charge in [0.2, 0.25) is 0 Å². The van der Waals surface area contributed by atoms with E-state index in [4.69, 9.17) is 4.84 Å². The third-order valence-corrected chi connectivity index (χ3v) is 7.91. The van der Waals surface area contributed by atoms with Crippen LogP contribution in [0.5, 0.6) is 11.8 Å². The smallest absolute Gasteiger partial charge is 0.335 e. The molecule has 0 radical (unpaired) electrons. The van der Waals surface area contributed by atoms with Gasteiger partial charge in [0.1, 0.15) is 10.8 Å². The number of carbonyl (C=O) groups is 4. The Balaban J connectivity index is 1.75. The Morgan fingerprint density at radius 1 is 1.23 bits per heavy atom. The highest BCUT2D eigenvalue weighted by atomic mass is 32.2. The van der Waals surface area contributed by atoms with Crippen molar-refractivity contribution in [3.05, 3.63) is 12.1 Å². The van der Waals surface area contributed by atoms with Crippen molar-refractivity contribution in [3.8, 4) is 11.8 Å². The van der Waals surface area contributed by atoms with Gasteiger partial charge in [0.05, 0.1) is 12.1 Å². The summed E-state index contributed by atoms with van der Waals surface area (Å²) in [5, 5.41) is 45.1. The zero-order chi connectivity index (χ0) is 25.8. The summed E-state index contributed by atoms with van der Waals surface area (Å²) in [6, 6.07) is -0.644. The molecule has 6 N–H and O–H groups in total. The van der Waals surface area contributed by atoms with Gasteiger partial charge in [-0.1, -0.05) is 19.8 Å². The van der Waals surface area contributed by atoms with Crippen molar-refractivity contribution in [3.63, 3.8) is 0 Å². The van der Waals surface area contributed by atoms with Crippen LogP contribution in [0.3, 0.4) is 0 Å². The molecule has 0 spiro atoms. The number of aromatic hydroxyl groups is 2. The summed E-state index contributed by atoms with van der Waals surface area (Å²) in [6.07, 6.45) is 2.25. The van der Waals surface area contributed by atoms with Crippen molar-refractivity contribution in [1.82, 2.24) is 20.4 Å². The highest BCUT2D eigenvalue weighted by molar-refractivity contribution is 8.01. The number of nitrogens with one attached hydrogen (secondary N) is 2. The number of unbranched alkanes of at least 4 members (excludes halogenated alkanes) is 2. The maximum atomic E-state index is 13.3. The summed E-state index contributed by atoms with van der Waals surface area (Å²) >= 11 is 1.16. The molecule has 1 aromatic rings. The number of amides is 3. The largest absolute Gasteiger partial charge is 0.494 e. The van der Waals surface area contributed by atoms with Crippen LogP contribution >= 0.6 is 11.8 Å². The lowest BCUT2D eigenvalue weighted by molar-refractivity contribution is -0.299. The molecule has 2 fully saturated rings. The van der Waals surface area contributed by atoms with Crippen molar-refractivity contribution in [2.45, 2.75) is 74.7 Å². The average molecular weight is 515 g/mol. The second-order valence-electron chi connectivity index (χ2n) is 8.57. The van der Waals surface area contributed by atoms with Crippen LogP contribution in [0.15, 0.2) is 12.1 Å². The van der Waals surface area contributed by atoms with Gasteiger partial charge in [0.15, 0.2) is 11.8 Å². The molecule has 14 heteroatoms. The first-order chi connectivity index (χ1) is 16.6. The second-order valence-corrected chi connectivity index (χ2v) is 9.92. The van der Waals surface area contributed by atoms with Crippen molar-refractivity contribution >= 4 is 35.6 Å². The number of hydrogen-bond acceptors (Lipinski definition) is 9. The Morgan fingerprint density at radius 3 is 2.54 bits per heavy atom. The molecule has 3 heterocycles. The molecule has 1 unspecified atom stereocenters. The molecule has 2 saturated heterocycles. The quantitative estimate of drug-likeness (QED) is 0.109. The van der Waals surface area contributed by atoms with E-state index in [1.165, 1.54) is 0 Å². The molecule has 0 aromatic carbocycles. The Labute approximate surface area is 205 Å². The van der Waals surface area contributed by atoms with Gasteiger partial charge in [0, 0.05) is 24.3 Å². The minimum Gasteiger partial charge on any atom is -0.494 e. The zero-order valence-electron chi connectivity index (χ0n) is 19.2. The standard InChI is InChI=1S/C21H30N4O9S/c1-2-3-4-7-16(28)34-25(33)19(31)21(17-12(11-35-21)22-20(32)23-17)10-5-6-13(18(29)30)24-14(26)8-9-15(24)27/h8-9,12-13,17,26-27,33H,2-7,10-11H2,1H3,(H,29,30)(H2,22,23,32)/t12-,13?,17-,21-/m0/s1. The Bertz CT molecular complexity index is 951. The molecule has 4 atom stereocenters. The van der Waals surface area contributed by atoms with Crippen LogP contribution in [0.4, 0.5) is 4.79 Å². The van der Waals surface area contributed by atoms with Crippen LogP contribution in [0.1, 0.15) is 57.9 Å². The van der Waals surface area contributed by atoms with Crippen LogP contribution in [0.2, 0.25) is 0 Å². The number of urea groups is 1. The molecule has 2 aliphatic heterocycles. The molecule has 2 aliphatic rings. The topological polar surface area (TPSA) is 191 Å². The lowest BCUT2D eigenvalue weighted by Crippen LogP contribution is -2.56. The number of thioether (sulfide) groups is 1. The zero-order valence-corrected chi connectivity index (χ0v) is 20.0. The molecule has 3 amide bonds. The van der Waals surface area contributed by atoms with Crippen LogP contribution in [0, 0.1) is 0 Å². The summed E-state index contributed by atoms with van der Waals surface area (Å²) in [4.78, 5) is 53.9. The van der Waals surface area contributed by atoms with E-state index >= 15 is 0 Å². The number of aliphatic carboxylic acids is 1. The van der Waals surface area contributed by atoms with E-state index in [9.17, 15) is 39.7 Å². The van der Waals surface area contributed by atoms with Crippen molar-refractivity contribution in [1.29, 1.82) is 0 Å². The second kappa shape index (κ2) is 11.1. The monoisotopic (exact) mass is 514 g/mol. The van der Waals surface area contributed by atoms with E-state index in [0.29, 0.717) is 12.2 Å². The van der Waals surface area contributed by atoms with Crippen molar-refractivity contribution in [2.24, 2.45) is 0 Å². The number of carboxylic acids is 1. The maximum Gasteiger partial charge on any atom is 0.335 e. The van der Waals surface area contributed by atoms with Crippen LogP contribution in [0.25, 0.3) is 0 Å². The van der Waals surface area contributed by atoms with Gasteiger partial charge in [-0.2, -0.15) is 0 Å². The lowest BCUT2D eigenvalue weighted by atomic mass is 9.88. The number of carbonyl (C=O) groups excluding carboxylic acids is 3. The first-order valence-corrected chi connectivity index (χ1v) is 12.4. The number of aromatic nitrogens is 1. The van der Waals surface area contributed by atoms with Crippen molar-refractivity contribution < 1.29 is 44.5 Å². The van der Waals surface area contributed by atoms with E-state index in [-0.39, 0.29) is 30.9 Å². The van der Waals surface area contributed by atoms with Crippen molar-refractivity contribution in [2.75, 3.05) is 5.75 Å². The fourth-order valence-corrected chi connectivity index (χ4v) is 6.15. The number of fused-ring (bicyclic) bond motifs is 1. The van der Waals surface area contributed by atoms with Gasteiger partial charge in [-0.3, -0.25) is 14.6 Å². The number of rotatable bonds is 11. The molecule has 0 saturated carbocycles. The number of nitrogens with zero attached hydrogens (tertiary/aromatic N) is 2. The lowest BCUT2D eigenvalue weighted by Gasteiger charge is -2.33. The fourth-order valence-electron chi connectivity index (χ4n) is 4.50. The highest BCUT2D eigenvalue weighted by Gasteiger charge is 2.59. The predicted molar refractivity (Wildman–Crippen MR) is 122 cm³/mol. The molecule has 13 nitrogen and oxygen atoms in total. The van der Waals surface area contributed by atoms with E-state index in [0.717, 1.165) is 41.3 Å². The normalized spacial score (nSPS) is 23.8. The first-order valence-electron chi connectivity index (χ1n) is 11.4. The molecule has 3 rings (SSSR count). The van der Waals surface area contributed by atoms with Crippen LogP contribution < -0.4 is 10.6 Å². The minimum atomic E-state index is -1.44. The Kier molecular flexibility index (Phi) is 8.38. The summed E-state index contributed by atoms with van der Waals surface area (Å²) < 4.78 is -0.580. The van der Waals surface area contributed by atoms with E-state index in [2.05, 4.69) is 10.6 Å². The van der Waals surface area contributed by atoms with Gasteiger partial charge < -0.3 is 30.8 Å². The molecule has 0 aliphatic carbocycles. The van der Waals surface area contributed by atoms with E-state index in [1.54, 1.807) is 0 Å². The molecule has 35 heavy (non-hydrogen) atoms. The summed E-state index contributed by atoms with van der Waals surface area (Å²) in [5.41, 5.74) is 0. The van der Waals surface area contributed by atoms with Gasteiger partial charge in [-0.15, -0.1) is 11.8 Å². The predicted octanol–water partition coefficient (Wildman–Crippen LogP) is 1.49. The molecule has 194 valence electrons. The SMILES string of the molecule is CCCCCC(=O)ON(O)C(=O)[C@@]1(CCCC(C(=O)O)n2c(O)ccc2O)SC[C@@H]2NC(=O)N[C@@H]21. The third-order valence-electron chi connectivity index (χ3n) is 6.23. The molecular formula is C21H30N4O9S. The number of carboxylic acid groups (broad SMARTS) is 1. The van der Waals surface area contributed by atoms with Crippen LogP contribution in [-0.4, -0.2) is 76.8 Å². The fraction of sp³-hybridized carbons (Fsp3) is 0.619. The maximum absolute atomic E-state index is 13.3. The minimum absolute atomic E-state index is 0.0106. The molecule has 0 bridgehead atoms.